The van der Waals surface area contributed by atoms with E-state index in [4.69, 9.17) is 5.11 Å². The van der Waals surface area contributed by atoms with Crippen LogP contribution in [-0.4, -0.2) is 17.1 Å². The van der Waals surface area contributed by atoms with Crippen molar-refractivity contribution < 1.29 is 9.50 Å². The van der Waals surface area contributed by atoms with E-state index >= 15 is 0 Å². The second kappa shape index (κ2) is 5.25. The standard InChI is InChI=1S/C12H13FN2OS/c1-15(6-9-3-5-17-8-9)12-11(13)10(7-16)2-4-14-12/h2-5,8,16H,6-7H2,1H3. The average molecular weight is 252 g/mol. The van der Waals surface area contributed by atoms with Gasteiger partial charge in [-0.1, -0.05) is 0 Å². The van der Waals surface area contributed by atoms with Crippen molar-refractivity contribution in [2.45, 2.75) is 13.2 Å². The molecule has 90 valence electrons. The average Bonchev–Trinajstić information content (AvgIpc) is 2.82. The number of hydrogen-bond donors (Lipinski definition) is 1. The van der Waals surface area contributed by atoms with Crippen molar-refractivity contribution in [3.63, 3.8) is 0 Å². The molecule has 0 saturated carbocycles. The van der Waals surface area contributed by atoms with Gasteiger partial charge in [0.05, 0.1) is 6.61 Å². The Hall–Kier alpha value is -1.46. The number of nitrogens with zero attached hydrogens (tertiary/aromatic N) is 2. The minimum atomic E-state index is -0.451. The predicted octanol–water partition coefficient (Wildman–Crippen LogP) is 2.41. The Morgan fingerprint density at radius 1 is 1.47 bits per heavy atom. The zero-order valence-corrected chi connectivity index (χ0v) is 10.2. The molecule has 1 N–H and O–H groups in total. The van der Waals surface area contributed by atoms with Gasteiger partial charge in [-0.2, -0.15) is 11.3 Å². The van der Waals surface area contributed by atoms with E-state index in [0.29, 0.717) is 6.54 Å². The Balaban J connectivity index is 2.22. The van der Waals surface area contributed by atoms with E-state index in [-0.39, 0.29) is 18.0 Å². The first-order chi connectivity index (χ1) is 8.22. The molecule has 0 aliphatic carbocycles. The van der Waals surface area contributed by atoms with Gasteiger partial charge in [0.2, 0.25) is 0 Å². The van der Waals surface area contributed by atoms with Crippen LogP contribution >= 0.6 is 11.3 Å². The molecule has 0 fully saturated rings. The van der Waals surface area contributed by atoms with Crippen molar-refractivity contribution >= 4 is 17.2 Å². The molecule has 0 aliphatic rings. The zero-order valence-electron chi connectivity index (χ0n) is 9.43. The Kier molecular flexibility index (Phi) is 3.71. The highest BCUT2D eigenvalue weighted by atomic mass is 32.1. The second-order valence-electron chi connectivity index (χ2n) is 3.75. The number of aliphatic hydroxyl groups is 1. The molecule has 2 aromatic heterocycles. The molecular weight excluding hydrogens is 239 g/mol. The third kappa shape index (κ3) is 2.62. The molecule has 0 radical (unpaired) electrons. The number of pyridine rings is 1. The molecule has 17 heavy (non-hydrogen) atoms. The lowest BCUT2D eigenvalue weighted by atomic mass is 10.2. The molecule has 2 heterocycles. The normalized spacial score (nSPS) is 10.5. The number of anilines is 1. The summed E-state index contributed by atoms with van der Waals surface area (Å²) in [6.45, 7) is 0.288. The van der Waals surface area contributed by atoms with Gasteiger partial charge in [0.15, 0.2) is 11.6 Å². The molecule has 3 nitrogen and oxygen atoms in total. The quantitative estimate of drug-likeness (QED) is 0.907. The number of hydrogen-bond acceptors (Lipinski definition) is 4. The topological polar surface area (TPSA) is 36.4 Å². The second-order valence-corrected chi connectivity index (χ2v) is 4.53. The summed E-state index contributed by atoms with van der Waals surface area (Å²) < 4.78 is 13.9. The molecule has 0 aliphatic heterocycles. The molecule has 0 spiro atoms. The highest BCUT2D eigenvalue weighted by Crippen LogP contribution is 2.20. The summed E-state index contributed by atoms with van der Waals surface area (Å²) in [5, 5.41) is 13.0. The van der Waals surface area contributed by atoms with Crippen LogP contribution in [-0.2, 0) is 13.2 Å². The van der Waals surface area contributed by atoms with Gasteiger partial charge < -0.3 is 10.0 Å². The minimum absolute atomic E-state index is 0.266. The van der Waals surface area contributed by atoms with Crippen molar-refractivity contribution in [2.75, 3.05) is 11.9 Å². The largest absolute Gasteiger partial charge is 0.392 e. The fourth-order valence-corrected chi connectivity index (χ4v) is 2.25. The molecule has 0 unspecified atom stereocenters. The number of rotatable bonds is 4. The van der Waals surface area contributed by atoms with Crippen molar-refractivity contribution in [3.8, 4) is 0 Å². The molecule has 5 heteroatoms. The summed E-state index contributed by atoms with van der Waals surface area (Å²) in [5.41, 5.74) is 1.39. The highest BCUT2D eigenvalue weighted by Gasteiger charge is 2.13. The summed E-state index contributed by atoms with van der Waals surface area (Å²) in [6, 6.07) is 3.48. The predicted molar refractivity (Wildman–Crippen MR) is 66.5 cm³/mol. The monoisotopic (exact) mass is 252 g/mol. The number of halogens is 1. The Morgan fingerprint density at radius 2 is 2.29 bits per heavy atom. The smallest absolute Gasteiger partial charge is 0.171 e. The van der Waals surface area contributed by atoms with Crippen molar-refractivity contribution in [2.24, 2.45) is 0 Å². The van der Waals surface area contributed by atoms with Crippen LogP contribution in [0.3, 0.4) is 0 Å². The molecule has 0 aromatic carbocycles. The van der Waals surface area contributed by atoms with Crippen molar-refractivity contribution in [1.29, 1.82) is 0 Å². The molecule has 2 rings (SSSR count). The molecule has 0 bridgehead atoms. The fourth-order valence-electron chi connectivity index (χ4n) is 1.59. The first-order valence-corrected chi connectivity index (χ1v) is 6.13. The van der Waals surface area contributed by atoms with Crippen molar-refractivity contribution in [1.82, 2.24) is 4.98 Å². The zero-order chi connectivity index (χ0) is 12.3. The van der Waals surface area contributed by atoms with Crippen LogP contribution in [0, 0.1) is 5.82 Å². The van der Waals surface area contributed by atoms with Gasteiger partial charge in [0.25, 0.3) is 0 Å². The minimum Gasteiger partial charge on any atom is -0.392 e. The fraction of sp³-hybridized carbons (Fsp3) is 0.250. The number of aliphatic hydroxyl groups excluding tert-OH is 1. The van der Waals surface area contributed by atoms with Crippen LogP contribution in [0.2, 0.25) is 0 Å². The molecular formula is C12H13FN2OS. The van der Waals surface area contributed by atoms with Crippen LogP contribution in [0.15, 0.2) is 29.1 Å². The maximum Gasteiger partial charge on any atom is 0.171 e. The van der Waals surface area contributed by atoms with Crippen LogP contribution in [0.4, 0.5) is 10.2 Å². The number of thiophene rings is 1. The lowest BCUT2D eigenvalue weighted by Crippen LogP contribution is -2.19. The van der Waals surface area contributed by atoms with E-state index in [1.54, 1.807) is 23.3 Å². The summed E-state index contributed by atoms with van der Waals surface area (Å²) in [4.78, 5) is 5.74. The Morgan fingerprint density at radius 3 is 2.94 bits per heavy atom. The third-order valence-electron chi connectivity index (χ3n) is 2.48. The van der Waals surface area contributed by atoms with Gasteiger partial charge in [-0.15, -0.1) is 0 Å². The van der Waals surface area contributed by atoms with Crippen LogP contribution in [0.5, 0.6) is 0 Å². The van der Waals surface area contributed by atoms with E-state index in [1.165, 1.54) is 12.3 Å². The molecule has 0 atom stereocenters. The van der Waals surface area contributed by atoms with E-state index in [9.17, 15) is 4.39 Å². The Labute approximate surface area is 103 Å². The lowest BCUT2D eigenvalue weighted by molar-refractivity contribution is 0.275. The van der Waals surface area contributed by atoms with Crippen molar-refractivity contribution in [3.05, 3.63) is 46.0 Å². The summed E-state index contributed by atoms with van der Waals surface area (Å²) >= 11 is 1.61. The van der Waals surface area contributed by atoms with Gasteiger partial charge in [0.1, 0.15) is 0 Å². The van der Waals surface area contributed by atoms with E-state index in [0.717, 1.165) is 5.56 Å². The van der Waals surface area contributed by atoms with Crippen LogP contribution < -0.4 is 4.90 Å². The highest BCUT2D eigenvalue weighted by molar-refractivity contribution is 7.07. The molecule has 2 aromatic rings. The van der Waals surface area contributed by atoms with E-state index in [1.807, 2.05) is 16.8 Å². The van der Waals surface area contributed by atoms with Gasteiger partial charge in [-0.3, -0.25) is 0 Å². The first-order valence-electron chi connectivity index (χ1n) is 5.19. The SMILES string of the molecule is CN(Cc1ccsc1)c1nccc(CO)c1F. The summed E-state index contributed by atoms with van der Waals surface area (Å²) in [5.74, 6) is -0.185. The lowest BCUT2D eigenvalue weighted by Gasteiger charge is -2.18. The molecule has 0 amide bonds. The first kappa shape index (κ1) is 12.0. The molecule has 0 saturated heterocycles. The van der Waals surface area contributed by atoms with E-state index < -0.39 is 5.82 Å². The van der Waals surface area contributed by atoms with Gasteiger partial charge in [-0.05, 0) is 28.5 Å². The van der Waals surface area contributed by atoms with Crippen LogP contribution in [0.25, 0.3) is 0 Å². The van der Waals surface area contributed by atoms with Gasteiger partial charge in [0, 0.05) is 25.4 Å². The van der Waals surface area contributed by atoms with Gasteiger partial charge in [-0.25, -0.2) is 9.37 Å². The summed E-state index contributed by atoms with van der Waals surface area (Å²) in [7, 11) is 1.78. The van der Waals surface area contributed by atoms with Crippen LogP contribution in [0.1, 0.15) is 11.1 Å². The van der Waals surface area contributed by atoms with Gasteiger partial charge >= 0.3 is 0 Å². The maximum absolute atomic E-state index is 13.9. The third-order valence-corrected chi connectivity index (χ3v) is 3.21. The Bertz CT molecular complexity index is 487. The van der Waals surface area contributed by atoms with E-state index in [2.05, 4.69) is 4.98 Å². The maximum atomic E-state index is 13.9. The number of aromatic nitrogens is 1. The summed E-state index contributed by atoms with van der Waals surface area (Å²) in [6.07, 6.45) is 1.51.